The second-order valence-corrected chi connectivity index (χ2v) is 6.65. The molecular formula is C21H19FN6O2. The minimum absolute atomic E-state index is 0.162. The Morgan fingerprint density at radius 1 is 1.03 bits per heavy atom. The van der Waals surface area contributed by atoms with Gasteiger partial charge in [-0.2, -0.15) is 14.9 Å². The number of nitrogens with one attached hydrogen (secondary N) is 1. The summed E-state index contributed by atoms with van der Waals surface area (Å²) in [6.45, 7) is 5.05. The maximum absolute atomic E-state index is 13.8. The van der Waals surface area contributed by atoms with E-state index in [0.717, 1.165) is 43.2 Å². The van der Waals surface area contributed by atoms with E-state index in [2.05, 4.69) is 24.8 Å². The average Bonchev–Trinajstić information content (AvgIpc) is 3.26. The van der Waals surface area contributed by atoms with Crippen LogP contribution >= 0.6 is 0 Å². The van der Waals surface area contributed by atoms with Crippen molar-refractivity contribution < 1.29 is 14.0 Å². The summed E-state index contributed by atoms with van der Waals surface area (Å²) in [4.78, 5) is 32.3. The minimum atomic E-state index is -0.162. The first-order chi connectivity index (χ1) is 14.5. The monoisotopic (exact) mass is 406 g/mol. The lowest BCUT2D eigenvalue weighted by Crippen LogP contribution is -2.46. The van der Waals surface area contributed by atoms with E-state index in [1.54, 1.807) is 19.2 Å². The fourth-order valence-electron chi connectivity index (χ4n) is 3.21. The van der Waals surface area contributed by atoms with Gasteiger partial charge in [-0.05, 0) is 36.8 Å². The molecule has 4 rings (SSSR count). The molecule has 0 radical (unpaired) electrons. The van der Waals surface area contributed by atoms with Gasteiger partial charge >= 0.3 is 6.15 Å². The van der Waals surface area contributed by atoms with Crippen molar-refractivity contribution in [3.63, 3.8) is 0 Å². The van der Waals surface area contributed by atoms with E-state index in [9.17, 15) is 4.39 Å². The molecule has 0 atom stereocenters. The van der Waals surface area contributed by atoms with Crippen molar-refractivity contribution in [2.45, 2.75) is 6.92 Å². The highest BCUT2D eigenvalue weighted by Gasteiger charge is 2.19. The second kappa shape index (κ2) is 9.45. The van der Waals surface area contributed by atoms with Crippen molar-refractivity contribution in [3.05, 3.63) is 59.8 Å². The van der Waals surface area contributed by atoms with Gasteiger partial charge in [0.1, 0.15) is 29.2 Å². The number of anilines is 2. The Balaban J connectivity index is 0.000000806. The van der Waals surface area contributed by atoms with E-state index >= 15 is 0 Å². The number of aromatic amines is 1. The molecule has 1 aliphatic heterocycles. The van der Waals surface area contributed by atoms with E-state index in [-0.39, 0.29) is 12.0 Å². The van der Waals surface area contributed by atoms with Crippen LogP contribution in [0.3, 0.4) is 0 Å². The molecule has 0 saturated carbocycles. The summed E-state index contributed by atoms with van der Waals surface area (Å²) < 4.78 is 13.8. The Morgan fingerprint density at radius 3 is 2.30 bits per heavy atom. The zero-order valence-electron chi connectivity index (χ0n) is 16.3. The Kier molecular flexibility index (Phi) is 6.53. The molecule has 1 fully saturated rings. The summed E-state index contributed by atoms with van der Waals surface area (Å²) in [7, 11) is 0. The molecule has 0 amide bonds. The molecule has 1 aromatic carbocycles. The number of aromatic nitrogens is 3. The Morgan fingerprint density at radius 2 is 1.73 bits per heavy atom. The predicted molar refractivity (Wildman–Crippen MR) is 107 cm³/mol. The van der Waals surface area contributed by atoms with Gasteiger partial charge in [-0.3, -0.25) is 0 Å². The molecular weight excluding hydrogens is 387 g/mol. The first-order valence-electron chi connectivity index (χ1n) is 9.22. The fraction of sp³-hybridized carbons (Fsp3) is 0.238. The zero-order chi connectivity index (χ0) is 21.5. The normalized spacial score (nSPS) is 13.1. The third-order valence-corrected chi connectivity index (χ3v) is 4.84. The minimum Gasteiger partial charge on any atom is -0.368 e. The highest BCUT2D eigenvalue weighted by molar-refractivity contribution is 5.58. The van der Waals surface area contributed by atoms with Crippen LogP contribution in [0.4, 0.5) is 15.9 Å². The average molecular weight is 406 g/mol. The number of benzene rings is 1. The second-order valence-electron chi connectivity index (χ2n) is 6.65. The summed E-state index contributed by atoms with van der Waals surface area (Å²) in [5, 5.41) is 8.88. The smallest absolute Gasteiger partial charge is 0.368 e. The number of rotatable bonds is 3. The van der Waals surface area contributed by atoms with Gasteiger partial charge in [-0.25, -0.2) is 14.4 Å². The van der Waals surface area contributed by atoms with Crippen LogP contribution < -0.4 is 9.80 Å². The van der Waals surface area contributed by atoms with Crippen LogP contribution in [0.25, 0.3) is 11.4 Å². The summed E-state index contributed by atoms with van der Waals surface area (Å²) in [6, 6.07) is 11.3. The number of halogens is 1. The molecule has 30 heavy (non-hydrogen) atoms. The van der Waals surface area contributed by atoms with Crippen LogP contribution in [0.5, 0.6) is 0 Å². The Labute approximate surface area is 172 Å². The van der Waals surface area contributed by atoms with E-state index in [1.807, 2.05) is 30.3 Å². The lowest BCUT2D eigenvalue weighted by Gasteiger charge is -2.36. The molecule has 2 aromatic heterocycles. The number of pyridine rings is 1. The molecule has 152 valence electrons. The number of nitrogens with zero attached hydrogens (tertiary/aromatic N) is 5. The molecule has 0 unspecified atom stereocenters. The first kappa shape index (κ1) is 20.7. The molecule has 1 N–H and O–H groups in total. The lowest BCUT2D eigenvalue weighted by molar-refractivity contribution is -0.191. The van der Waals surface area contributed by atoms with Crippen molar-refractivity contribution in [1.82, 2.24) is 15.0 Å². The molecule has 9 heteroatoms. The lowest BCUT2D eigenvalue weighted by atomic mass is 10.2. The molecule has 0 aliphatic carbocycles. The summed E-state index contributed by atoms with van der Waals surface area (Å²) >= 11 is 0. The molecule has 8 nitrogen and oxygen atoms in total. The number of nitriles is 1. The standard InChI is InChI=1S/C20H19FN6.CO2/c1-14-2-4-17(10-18(14)21)26-6-8-27(9-7-26)19-5-3-15(12-23-19)20-24-13-16(11-22)25-20;2-1-3/h2-5,10,12-13H,6-9H2,1H3,(H,24,25);. The number of H-pyrrole nitrogens is 1. The van der Waals surface area contributed by atoms with E-state index < -0.39 is 0 Å². The van der Waals surface area contributed by atoms with Crippen LogP contribution in [0, 0.1) is 24.1 Å². The van der Waals surface area contributed by atoms with Crippen molar-refractivity contribution >= 4 is 17.7 Å². The van der Waals surface area contributed by atoms with Crippen molar-refractivity contribution in [1.29, 1.82) is 5.26 Å². The maximum Gasteiger partial charge on any atom is 0.373 e. The van der Waals surface area contributed by atoms with Crippen LogP contribution in [-0.2, 0) is 9.59 Å². The van der Waals surface area contributed by atoms with E-state index in [4.69, 9.17) is 14.9 Å². The maximum atomic E-state index is 13.8. The summed E-state index contributed by atoms with van der Waals surface area (Å²) in [6.07, 6.45) is 3.52. The first-order valence-corrected chi connectivity index (χ1v) is 9.22. The van der Waals surface area contributed by atoms with Crippen LogP contribution in [0.1, 0.15) is 11.3 Å². The van der Waals surface area contributed by atoms with Gasteiger partial charge in [0, 0.05) is 43.6 Å². The molecule has 3 aromatic rings. The zero-order valence-corrected chi connectivity index (χ0v) is 16.3. The van der Waals surface area contributed by atoms with Gasteiger partial charge in [0.15, 0.2) is 0 Å². The number of carbonyl (C=O) groups excluding carboxylic acids is 2. The highest BCUT2D eigenvalue weighted by atomic mass is 19.1. The number of hydrogen-bond acceptors (Lipinski definition) is 7. The van der Waals surface area contributed by atoms with Gasteiger partial charge in [0.05, 0.1) is 6.20 Å². The molecule has 1 saturated heterocycles. The fourth-order valence-corrected chi connectivity index (χ4v) is 3.21. The SMILES string of the molecule is Cc1ccc(N2CCN(c3ccc(-c4ncc(C#N)[nH]4)cn3)CC2)cc1F.O=C=O. The summed E-state index contributed by atoms with van der Waals surface area (Å²) in [5.41, 5.74) is 2.86. The van der Waals surface area contributed by atoms with E-state index in [0.29, 0.717) is 17.1 Å². The number of hydrogen-bond donors (Lipinski definition) is 1. The molecule has 0 bridgehead atoms. The van der Waals surface area contributed by atoms with Gasteiger partial charge in [-0.1, -0.05) is 6.07 Å². The number of imidazole rings is 1. The van der Waals surface area contributed by atoms with Gasteiger partial charge < -0.3 is 14.8 Å². The Hall–Kier alpha value is -4.02. The largest absolute Gasteiger partial charge is 0.373 e. The highest BCUT2D eigenvalue weighted by Crippen LogP contribution is 2.23. The third-order valence-electron chi connectivity index (χ3n) is 4.84. The predicted octanol–water partition coefficient (Wildman–Crippen LogP) is 2.53. The number of aryl methyl sites for hydroxylation is 1. The van der Waals surface area contributed by atoms with Gasteiger partial charge in [-0.15, -0.1) is 0 Å². The van der Waals surface area contributed by atoms with Gasteiger partial charge in [0.2, 0.25) is 0 Å². The van der Waals surface area contributed by atoms with Crippen molar-refractivity contribution in [3.8, 4) is 17.5 Å². The van der Waals surface area contributed by atoms with Gasteiger partial charge in [0.25, 0.3) is 0 Å². The summed E-state index contributed by atoms with van der Waals surface area (Å²) in [5.74, 6) is 1.38. The number of piperazine rings is 1. The third kappa shape index (κ3) is 4.69. The molecule has 0 spiro atoms. The Bertz CT molecular complexity index is 1080. The molecule has 1 aliphatic rings. The van der Waals surface area contributed by atoms with E-state index in [1.165, 1.54) is 6.20 Å². The van der Waals surface area contributed by atoms with Crippen LogP contribution in [-0.4, -0.2) is 47.3 Å². The van der Waals surface area contributed by atoms with Crippen molar-refractivity contribution in [2.24, 2.45) is 0 Å². The van der Waals surface area contributed by atoms with Crippen molar-refractivity contribution in [2.75, 3.05) is 36.0 Å². The topological polar surface area (TPSA) is 106 Å². The van der Waals surface area contributed by atoms with Crippen LogP contribution in [0.2, 0.25) is 0 Å². The molecule has 3 heterocycles. The van der Waals surface area contributed by atoms with Crippen LogP contribution in [0.15, 0.2) is 42.7 Å². The quantitative estimate of drug-likeness (QED) is 0.712.